The molecule has 1 aliphatic carbocycles. The Bertz CT molecular complexity index is 1120. The van der Waals surface area contributed by atoms with E-state index in [9.17, 15) is 23.9 Å². The summed E-state index contributed by atoms with van der Waals surface area (Å²) in [6.07, 6.45) is -0.865. The number of benzene rings is 2. The molecule has 0 bridgehead atoms. The first-order chi connectivity index (χ1) is 17.2. The number of carbonyl (C=O) groups excluding carboxylic acids is 3. The van der Waals surface area contributed by atoms with Gasteiger partial charge in [-0.25, -0.2) is 4.39 Å². The zero-order chi connectivity index (χ0) is 26.2. The molecule has 3 atom stereocenters. The van der Waals surface area contributed by atoms with Crippen molar-refractivity contribution in [2.24, 2.45) is 0 Å². The number of Topliss-reactive ketones (excluding diaryl/α,β-unsaturated/α-hetero) is 1. The molecular weight excluding hydrogens is 582 g/mol. The van der Waals surface area contributed by atoms with E-state index in [-0.39, 0.29) is 38.1 Å². The fourth-order valence-electron chi connectivity index (χ4n) is 3.90. The van der Waals surface area contributed by atoms with Crippen molar-refractivity contribution in [1.29, 1.82) is 0 Å². The topological polar surface area (TPSA) is 116 Å². The minimum absolute atomic E-state index is 0.0258. The summed E-state index contributed by atoms with van der Waals surface area (Å²) in [5.74, 6) is -1.91. The Labute approximate surface area is 222 Å². The molecule has 2 aromatic rings. The largest absolute Gasteiger partial charge is 0.482 e. The molecular formula is C26H28FIN2O6. The van der Waals surface area contributed by atoms with Crippen LogP contribution in [0.4, 0.5) is 4.39 Å². The molecule has 0 saturated heterocycles. The smallest absolute Gasteiger partial charge is 0.290 e. The molecule has 0 unspecified atom stereocenters. The standard InChI is InChI=1S/C26H28FIN2O6/c1-2-21(32)26(35)30(15-16-7-9-18(27)10-8-16)20-13-17(25(34)29-11-12-31)14-23(24(20)33)36-22-6-4-3-5-19(22)28/h3-10,14,20,23-24,31,33H,2,11-13,15H2,1H3,(H,29,34)/t20-,23+,24+/m1/s1. The molecule has 3 N–H and O–H groups in total. The van der Waals surface area contributed by atoms with Crippen molar-refractivity contribution in [3.63, 3.8) is 0 Å². The van der Waals surface area contributed by atoms with Crippen molar-refractivity contribution in [2.45, 2.75) is 44.6 Å². The summed E-state index contributed by atoms with van der Waals surface area (Å²) in [7, 11) is 0. The number of rotatable bonds is 10. The average Bonchev–Trinajstić information content (AvgIpc) is 2.88. The summed E-state index contributed by atoms with van der Waals surface area (Å²) in [5.41, 5.74) is 0.798. The number of amides is 2. The number of ether oxygens (including phenoxy) is 1. The van der Waals surface area contributed by atoms with Crippen LogP contribution in [0, 0.1) is 9.39 Å². The SMILES string of the molecule is CCC(=O)C(=O)N(Cc1ccc(F)cc1)[C@@H]1CC(C(=O)NCCO)=C[C@H](Oc2ccccc2I)[C@H]1O. The number of hydrogen-bond acceptors (Lipinski definition) is 6. The third-order valence-electron chi connectivity index (χ3n) is 5.80. The molecule has 0 heterocycles. The highest BCUT2D eigenvalue weighted by molar-refractivity contribution is 14.1. The summed E-state index contributed by atoms with van der Waals surface area (Å²) in [6, 6.07) is 11.6. The number of nitrogens with one attached hydrogen (secondary N) is 1. The lowest BCUT2D eigenvalue weighted by Crippen LogP contribution is -2.56. The number of aliphatic hydroxyl groups excluding tert-OH is 2. The van der Waals surface area contributed by atoms with Crippen LogP contribution in [-0.2, 0) is 20.9 Å². The molecule has 1 aliphatic rings. The number of hydrogen-bond donors (Lipinski definition) is 3. The van der Waals surface area contributed by atoms with Gasteiger partial charge in [0.05, 0.1) is 16.2 Å². The highest BCUT2D eigenvalue weighted by atomic mass is 127. The van der Waals surface area contributed by atoms with E-state index in [0.717, 1.165) is 3.57 Å². The van der Waals surface area contributed by atoms with Crippen molar-refractivity contribution in [1.82, 2.24) is 10.2 Å². The van der Waals surface area contributed by atoms with Gasteiger partial charge in [-0.05, 0) is 58.5 Å². The van der Waals surface area contributed by atoms with Crippen molar-refractivity contribution >= 4 is 40.2 Å². The second kappa shape index (κ2) is 12.9. The number of aliphatic hydroxyl groups is 2. The number of halogens is 2. The van der Waals surface area contributed by atoms with Crippen molar-refractivity contribution in [3.8, 4) is 5.75 Å². The van der Waals surface area contributed by atoms with Crippen molar-refractivity contribution in [3.05, 3.63) is 75.1 Å². The van der Waals surface area contributed by atoms with Gasteiger partial charge in [-0.1, -0.05) is 31.2 Å². The molecule has 0 saturated carbocycles. The van der Waals surface area contributed by atoms with Gasteiger partial charge in [0.25, 0.3) is 5.91 Å². The lowest BCUT2D eigenvalue weighted by Gasteiger charge is -2.40. The van der Waals surface area contributed by atoms with Gasteiger partial charge in [-0.2, -0.15) is 0 Å². The molecule has 0 radical (unpaired) electrons. The van der Waals surface area contributed by atoms with Crippen molar-refractivity contribution in [2.75, 3.05) is 13.2 Å². The zero-order valence-corrected chi connectivity index (χ0v) is 21.9. The second-order valence-corrected chi connectivity index (χ2v) is 9.44. The normalized spacial score (nSPS) is 19.2. The van der Waals surface area contributed by atoms with E-state index in [1.807, 2.05) is 12.1 Å². The molecule has 10 heteroatoms. The Morgan fingerprint density at radius 2 is 1.86 bits per heavy atom. The van der Waals surface area contributed by atoms with Crippen LogP contribution in [0.2, 0.25) is 0 Å². The van der Waals surface area contributed by atoms with Crippen molar-refractivity contribution < 1.29 is 33.7 Å². The predicted octanol–water partition coefficient (Wildman–Crippen LogP) is 2.35. The molecule has 0 fully saturated rings. The third kappa shape index (κ3) is 6.89. The Morgan fingerprint density at radius 1 is 1.17 bits per heavy atom. The van der Waals surface area contributed by atoms with Gasteiger partial charge in [-0.15, -0.1) is 0 Å². The minimum Gasteiger partial charge on any atom is -0.482 e. The van der Waals surface area contributed by atoms with Gasteiger partial charge in [-0.3, -0.25) is 14.4 Å². The fourth-order valence-corrected chi connectivity index (χ4v) is 4.42. The lowest BCUT2D eigenvalue weighted by molar-refractivity contribution is -0.149. The van der Waals surface area contributed by atoms with E-state index in [2.05, 4.69) is 27.9 Å². The van der Waals surface area contributed by atoms with Crippen LogP contribution < -0.4 is 10.1 Å². The van der Waals surface area contributed by atoms with Gasteiger partial charge in [0.15, 0.2) is 0 Å². The molecule has 36 heavy (non-hydrogen) atoms. The molecule has 2 aromatic carbocycles. The van der Waals surface area contributed by atoms with E-state index in [0.29, 0.717) is 11.3 Å². The highest BCUT2D eigenvalue weighted by Gasteiger charge is 2.41. The Morgan fingerprint density at radius 3 is 2.50 bits per heavy atom. The maximum Gasteiger partial charge on any atom is 0.290 e. The van der Waals surface area contributed by atoms with Crippen LogP contribution in [0.15, 0.2) is 60.2 Å². The van der Waals surface area contributed by atoms with Gasteiger partial charge in [0.1, 0.15) is 23.8 Å². The second-order valence-electron chi connectivity index (χ2n) is 8.28. The van der Waals surface area contributed by atoms with Crippen LogP contribution in [-0.4, -0.2) is 64.1 Å². The Balaban J connectivity index is 2.00. The molecule has 0 aromatic heterocycles. The summed E-state index contributed by atoms with van der Waals surface area (Å²) >= 11 is 2.09. The number of ketones is 1. The zero-order valence-electron chi connectivity index (χ0n) is 19.7. The molecule has 2 amide bonds. The number of carbonyl (C=O) groups is 3. The van der Waals surface area contributed by atoms with E-state index >= 15 is 0 Å². The van der Waals surface area contributed by atoms with Crippen LogP contribution in [0.5, 0.6) is 5.75 Å². The molecule has 8 nitrogen and oxygen atoms in total. The van der Waals surface area contributed by atoms with Gasteiger partial charge in [0.2, 0.25) is 11.7 Å². The Kier molecular flexibility index (Phi) is 9.97. The van der Waals surface area contributed by atoms with Gasteiger partial charge < -0.3 is 25.2 Å². The first-order valence-electron chi connectivity index (χ1n) is 11.5. The lowest BCUT2D eigenvalue weighted by atomic mass is 9.87. The van der Waals surface area contributed by atoms with Crippen LogP contribution in [0.1, 0.15) is 25.3 Å². The van der Waals surface area contributed by atoms with E-state index in [4.69, 9.17) is 9.84 Å². The summed E-state index contributed by atoms with van der Waals surface area (Å²) in [5, 5.41) is 23.0. The minimum atomic E-state index is -1.27. The van der Waals surface area contributed by atoms with Crippen LogP contribution >= 0.6 is 22.6 Å². The fraction of sp³-hybridized carbons (Fsp3) is 0.346. The molecule has 0 spiro atoms. The van der Waals surface area contributed by atoms with Gasteiger partial charge >= 0.3 is 0 Å². The maximum absolute atomic E-state index is 13.5. The Hall–Kier alpha value is -2.83. The molecule has 0 aliphatic heterocycles. The van der Waals surface area contributed by atoms with Gasteiger partial charge in [0, 0.05) is 31.5 Å². The third-order valence-corrected chi connectivity index (χ3v) is 6.69. The summed E-state index contributed by atoms with van der Waals surface area (Å²) in [4.78, 5) is 39.6. The first-order valence-corrected chi connectivity index (χ1v) is 12.6. The van der Waals surface area contributed by atoms with Crippen LogP contribution in [0.25, 0.3) is 0 Å². The van der Waals surface area contributed by atoms with E-state index < -0.39 is 41.7 Å². The monoisotopic (exact) mass is 610 g/mol. The molecule has 3 rings (SSSR count). The molecule has 192 valence electrons. The average molecular weight is 610 g/mol. The van der Waals surface area contributed by atoms with E-state index in [1.165, 1.54) is 35.2 Å². The maximum atomic E-state index is 13.5. The van der Waals surface area contributed by atoms with E-state index in [1.54, 1.807) is 19.1 Å². The number of nitrogens with zero attached hydrogens (tertiary/aromatic N) is 1. The predicted molar refractivity (Wildman–Crippen MR) is 138 cm³/mol. The first kappa shape index (κ1) is 27.8. The highest BCUT2D eigenvalue weighted by Crippen LogP contribution is 2.30. The quantitative estimate of drug-likeness (QED) is 0.281. The number of para-hydroxylation sites is 1. The summed E-state index contributed by atoms with van der Waals surface area (Å²) in [6.45, 7) is 1.25. The van der Waals surface area contributed by atoms with Crippen LogP contribution in [0.3, 0.4) is 0 Å². The summed E-state index contributed by atoms with van der Waals surface area (Å²) < 4.78 is 20.3.